The van der Waals surface area contributed by atoms with Crippen molar-refractivity contribution in [2.24, 2.45) is 0 Å². The summed E-state index contributed by atoms with van der Waals surface area (Å²) in [5.74, 6) is 0.522. The molecular weight excluding hydrogens is 500 g/mol. The summed E-state index contributed by atoms with van der Waals surface area (Å²) >= 11 is 8.51. The Morgan fingerprint density at radius 1 is 1.34 bits per heavy atom. The maximum Gasteiger partial charge on any atom is 0.335 e. The molecule has 32 heavy (non-hydrogen) atoms. The van der Waals surface area contributed by atoms with E-state index in [0.29, 0.717) is 21.5 Å². The van der Waals surface area contributed by atoms with Gasteiger partial charge in [-0.2, -0.15) is 0 Å². The Kier molecular flexibility index (Phi) is 6.92. The van der Waals surface area contributed by atoms with Crippen LogP contribution in [0.15, 0.2) is 46.4 Å². The average molecular weight is 515 g/mol. The highest BCUT2D eigenvalue weighted by Crippen LogP contribution is 2.37. The molecule has 0 radical (unpaired) electrons. The Morgan fingerprint density at radius 2 is 2.09 bits per heavy atom. The van der Waals surface area contributed by atoms with Gasteiger partial charge in [0.15, 0.2) is 16.6 Å². The van der Waals surface area contributed by atoms with E-state index in [1.165, 1.54) is 37.5 Å². The number of amides is 2. The molecule has 2 amide bonds. The van der Waals surface area contributed by atoms with E-state index >= 15 is 0 Å². The molecule has 0 atom stereocenters. The first-order valence-electron chi connectivity index (χ1n) is 8.95. The van der Waals surface area contributed by atoms with Crippen molar-refractivity contribution in [3.05, 3.63) is 57.6 Å². The van der Waals surface area contributed by atoms with Crippen LogP contribution >= 0.6 is 28.1 Å². The number of carboxylic acid groups (broad SMARTS) is 1. The van der Waals surface area contributed by atoms with E-state index in [2.05, 4.69) is 27.2 Å². The molecular formula is C22H15BrN2O6S. The second kappa shape index (κ2) is 9.64. The highest BCUT2D eigenvalue weighted by atomic mass is 79.9. The maximum atomic E-state index is 13.2. The number of hydrogen-bond donors (Lipinski definition) is 2. The molecule has 1 fully saturated rings. The number of thiocarbonyl (C=S) groups is 1. The van der Waals surface area contributed by atoms with Crippen molar-refractivity contribution < 1.29 is 29.0 Å². The summed E-state index contributed by atoms with van der Waals surface area (Å²) in [5, 5.41) is 11.5. The van der Waals surface area contributed by atoms with Gasteiger partial charge in [-0.25, -0.2) is 4.79 Å². The fraction of sp³-hybridized carbons (Fsp3) is 0.0909. The highest BCUT2D eigenvalue weighted by molar-refractivity contribution is 9.10. The summed E-state index contributed by atoms with van der Waals surface area (Å²) in [5.41, 5.74) is 0.442. The SMILES string of the molecule is C#CCOc1c(Br)cc(C=C2C(=O)NC(=S)N(c3cccc(C(=O)O)c3)C2=O)cc1OC. The van der Waals surface area contributed by atoms with Gasteiger partial charge in [-0.15, -0.1) is 6.42 Å². The predicted molar refractivity (Wildman–Crippen MR) is 125 cm³/mol. The molecule has 10 heteroatoms. The number of ether oxygens (including phenoxy) is 2. The van der Waals surface area contributed by atoms with E-state index in [9.17, 15) is 19.5 Å². The van der Waals surface area contributed by atoms with Crippen molar-refractivity contribution in [2.45, 2.75) is 0 Å². The van der Waals surface area contributed by atoms with E-state index < -0.39 is 17.8 Å². The second-order valence-electron chi connectivity index (χ2n) is 6.34. The summed E-state index contributed by atoms with van der Waals surface area (Å²) in [7, 11) is 1.44. The largest absolute Gasteiger partial charge is 0.493 e. The standard InChI is InChI=1S/C22H15BrN2O6S/c1-3-7-31-18-16(23)9-12(10-17(18)30-2)8-15-19(26)24-22(32)25(20(15)27)14-6-4-5-13(11-14)21(28)29/h1,4-6,8-11H,7H2,2H3,(H,28,29)(H,24,26,32). The average Bonchev–Trinajstić information content (AvgIpc) is 2.75. The lowest BCUT2D eigenvalue weighted by Gasteiger charge is -2.29. The zero-order chi connectivity index (χ0) is 23.4. The number of hydrogen-bond acceptors (Lipinski definition) is 6. The Balaban J connectivity index is 2.03. The number of carboxylic acids is 1. The molecule has 162 valence electrons. The molecule has 0 aliphatic carbocycles. The minimum absolute atomic E-state index is 0.0259. The fourth-order valence-electron chi connectivity index (χ4n) is 2.91. The van der Waals surface area contributed by atoms with Crippen molar-refractivity contribution >= 4 is 62.8 Å². The van der Waals surface area contributed by atoms with E-state index in [1.807, 2.05) is 0 Å². The van der Waals surface area contributed by atoms with Crippen LogP contribution in [0.3, 0.4) is 0 Å². The number of benzene rings is 2. The lowest BCUT2D eigenvalue weighted by molar-refractivity contribution is -0.122. The van der Waals surface area contributed by atoms with Crippen LogP contribution < -0.4 is 19.7 Å². The van der Waals surface area contributed by atoms with Crippen molar-refractivity contribution in [3.63, 3.8) is 0 Å². The minimum Gasteiger partial charge on any atom is -0.493 e. The van der Waals surface area contributed by atoms with Crippen molar-refractivity contribution in [1.82, 2.24) is 5.32 Å². The third-order valence-corrected chi connectivity index (χ3v) is 5.19. The van der Waals surface area contributed by atoms with Crippen molar-refractivity contribution in [1.29, 1.82) is 0 Å². The van der Waals surface area contributed by atoms with Crippen LogP contribution in [-0.4, -0.2) is 41.7 Å². The summed E-state index contributed by atoms with van der Waals surface area (Å²) in [4.78, 5) is 38.0. The van der Waals surface area contributed by atoms with Gasteiger partial charge in [0.05, 0.1) is 22.8 Å². The lowest BCUT2D eigenvalue weighted by Crippen LogP contribution is -2.54. The number of rotatable bonds is 6. The predicted octanol–water partition coefficient (Wildman–Crippen LogP) is 3.00. The van der Waals surface area contributed by atoms with Gasteiger partial charge in [-0.1, -0.05) is 12.0 Å². The number of halogens is 1. The van der Waals surface area contributed by atoms with Gasteiger partial charge in [-0.05, 0) is 70.1 Å². The molecule has 0 bridgehead atoms. The third kappa shape index (κ3) is 4.64. The summed E-state index contributed by atoms with van der Waals surface area (Å²) in [6.07, 6.45) is 6.60. The first-order valence-corrected chi connectivity index (χ1v) is 10.2. The number of carbonyl (C=O) groups is 3. The van der Waals surface area contributed by atoms with E-state index in [4.69, 9.17) is 28.1 Å². The van der Waals surface area contributed by atoms with Crippen LogP contribution in [0.1, 0.15) is 15.9 Å². The van der Waals surface area contributed by atoms with Crippen LogP contribution in [0.5, 0.6) is 11.5 Å². The monoisotopic (exact) mass is 514 g/mol. The first-order chi connectivity index (χ1) is 15.3. The maximum absolute atomic E-state index is 13.2. The number of terminal acetylenes is 1. The Labute approximate surface area is 196 Å². The molecule has 0 spiro atoms. The molecule has 2 aromatic rings. The molecule has 8 nitrogen and oxygen atoms in total. The lowest BCUT2D eigenvalue weighted by atomic mass is 10.1. The second-order valence-corrected chi connectivity index (χ2v) is 7.58. The van der Waals surface area contributed by atoms with Gasteiger partial charge in [0, 0.05) is 0 Å². The summed E-state index contributed by atoms with van der Waals surface area (Å²) in [6, 6.07) is 8.87. The zero-order valence-electron chi connectivity index (χ0n) is 16.5. The normalized spacial score (nSPS) is 14.7. The molecule has 0 aromatic heterocycles. The molecule has 1 aliphatic rings. The fourth-order valence-corrected chi connectivity index (χ4v) is 3.77. The Morgan fingerprint density at radius 3 is 2.75 bits per heavy atom. The number of nitrogens with zero attached hydrogens (tertiary/aromatic N) is 1. The molecule has 1 aliphatic heterocycles. The molecule has 0 unspecified atom stereocenters. The van der Waals surface area contributed by atoms with Gasteiger partial charge in [0.1, 0.15) is 12.2 Å². The third-order valence-electron chi connectivity index (χ3n) is 4.32. The van der Waals surface area contributed by atoms with Crippen LogP contribution in [0.2, 0.25) is 0 Å². The number of nitrogens with one attached hydrogen (secondary N) is 1. The van der Waals surface area contributed by atoms with Gasteiger partial charge >= 0.3 is 5.97 Å². The van der Waals surface area contributed by atoms with Gasteiger partial charge in [-0.3, -0.25) is 19.8 Å². The van der Waals surface area contributed by atoms with E-state index in [-0.39, 0.29) is 28.5 Å². The number of carbonyl (C=O) groups excluding carboxylic acids is 2. The molecule has 0 saturated carbocycles. The van der Waals surface area contributed by atoms with E-state index in [0.717, 1.165) is 4.90 Å². The summed E-state index contributed by atoms with van der Waals surface area (Å²) in [6.45, 7) is 0.0259. The molecule has 1 saturated heterocycles. The quantitative estimate of drug-likeness (QED) is 0.264. The van der Waals surface area contributed by atoms with Gasteiger partial charge in [0.2, 0.25) is 0 Å². The van der Waals surface area contributed by atoms with Gasteiger partial charge < -0.3 is 14.6 Å². The molecule has 3 rings (SSSR count). The summed E-state index contributed by atoms with van der Waals surface area (Å²) < 4.78 is 11.3. The minimum atomic E-state index is -1.16. The smallest absolute Gasteiger partial charge is 0.335 e. The Bertz CT molecular complexity index is 1220. The van der Waals surface area contributed by atoms with Gasteiger partial charge in [0.25, 0.3) is 11.8 Å². The number of anilines is 1. The molecule has 2 aromatic carbocycles. The molecule has 2 N–H and O–H groups in total. The number of aromatic carboxylic acids is 1. The topological polar surface area (TPSA) is 105 Å². The Hall–Kier alpha value is -3.68. The highest BCUT2D eigenvalue weighted by Gasteiger charge is 2.34. The van der Waals surface area contributed by atoms with E-state index in [1.54, 1.807) is 12.1 Å². The van der Waals surface area contributed by atoms with Crippen molar-refractivity contribution in [2.75, 3.05) is 18.6 Å². The van der Waals surface area contributed by atoms with Crippen LogP contribution in [0, 0.1) is 12.3 Å². The number of methoxy groups -OCH3 is 1. The van der Waals surface area contributed by atoms with Crippen LogP contribution in [0.25, 0.3) is 6.08 Å². The zero-order valence-corrected chi connectivity index (χ0v) is 19.0. The van der Waals surface area contributed by atoms with Crippen LogP contribution in [-0.2, 0) is 9.59 Å². The first kappa shape index (κ1) is 23.0. The van der Waals surface area contributed by atoms with Crippen molar-refractivity contribution in [3.8, 4) is 23.8 Å². The molecule has 1 heterocycles. The van der Waals surface area contributed by atoms with Crippen LogP contribution in [0.4, 0.5) is 5.69 Å².